The van der Waals surface area contributed by atoms with Crippen molar-refractivity contribution in [3.8, 4) is 0 Å². The SMILES string of the molecule is CCCCCCCCCCCCCCCC[n+]1ccccc1.Cl.O=P([O-])(O)O.O=P([O-])([O-])O[C@H]1[C@H](OP(=O)([O-])[O-])[C@@H](OP(=O)([O-])[O-])[C@H](OP(=O)([O-])[O-])[C@@H](OP(=O)([O-])[O-])[C@H]1OP(=O)([O-])[O-].[Zn+2].[Zn+2].[Zn+2].[Zn+2].[Zn+2].[Zn+2]. The molecule has 0 unspecified atom stereocenters. The van der Waals surface area contributed by atoms with Crippen LogP contribution in [0.5, 0.6) is 0 Å². The summed E-state index contributed by atoms with van der Waals surface area (Å²) in [5, 5.41) is 0. The van der Waals surface area contributed by atoms with E-state index in [1.165, 1.54) is 96.4 Å². The van der Waals surface area contributed by atoms with Gasteiger partial charge in [0.25, 0.3) is 7.82 Å². The average molecular weight is 1480 g/mol. The van der Waals surface area contributed by atoms with Crippen molar-refractivity contribution < 1.29 is 254 Å². The van der Waals surface area contributed by atoms with Gasteiger partial charge in [-0.25, -0.2) is 4.57 Å². The summed E-state index contributed by atoms with van der Waals surface area (Å²) in [6, 6.07) is 6.31. The molecular formula is C27H47ClNO28P7Zn6. The van der Waals surface area contributed by atoms with E-state index < -0.39 is 91.4 Å². The molecule has 70 heavy (non-hydrogen) atoms. The van der Waals surface area contributed by atoms with Gasteiger partial charge in [-0.3, -0.25) is 4.57 Å². The third kappa shape index (κ3) is 53.9. The van der Waals surface area contributed by atoms with Gasteiger partial charge in [-0.15, -0.1) is 12.4 Å². The fourth-order valence-electron chi connectivity index (χ4n) is 5.81. The first-order valence-electron chi connectivity index (χ1n) is 18.4. The number of pyridine rings is 1. The first-order chi connectivity index (χ1) is 28.5. The molecule has 43 heteroatoms. The zero-order valence-corrected chi connectivity index (χ0v) is 62.6. The van der Waals surface area contributed by atoms with Crippen LogP contribution in [0, 0.1) is 0 Å². The Morgan fingerprint density at radius 3 is 0.714 bits per heavy atom. The number of hydrogen-bond acceptors (Lipinski definition) is 26. The van der Waals surface area contributed by atoms with Crippen molar-refractivity contribution in [2.24, 2.45) is 0 Å². The van der Waals surface area contributed by atoms with Crippen LogP contribution in [-0.2, 0) is 183 Å². The Labute approximate surface area is 487 Å². The molecule has 0 atom stereocenters. The molecule has 2 rings (SSSR count). The van der Waals surface area contributed by atoms with E-state index >= 15 is 0 Å². The molecule has 0 amide bonds. The number of rotatable bonds is 27. The summed E-state index contributed by atoms with van der Waals surface area (Å²) in [6.07, 6.45) is 2.94. The summed E-state index contributed by atoms with van der Waals surface area (Å²) in [5.41, 5.74) is 0. The van der Waals surface area contributed by atoms with Gasteiger partial charge in [0.2, 0.25) is 0 Å². The van der Waals surface area contributed by atoms with Gasteiger partial charge in [-0.05, 0) is 6.42 Å². The molecule has 382 valence electrons. The largest absolute Gasteiger partial charge is 2.00 e. The minimum Gasteiger partial charge on any atom is -0.790 e. The van der Waals surface area contributed by atoms with E-state index in [1.54, 1.807) is 0 Å². The Hall–Kier alpha value is 3.95. The molecule has 1 heterocycles. The van der Waals surface area contributed by atoms with Crippen LogP contribution in [0.15, 0.2) is 30.6 Å². The molecule has 29 nitrogen and oxygen atoms in total. The van der Waals surface area contributed by atoms with Gasteiger partial charge in [-0.1, -0.05) is 90.0 Å². The van der Waals surface area contributed by atoms with Crippen molar-refractivity contribution in [2.75, 3.05) is 0 Å². The van der Waals surface area contributed by atoms with E-state index in [9.17, 15) is 86.1 Å². The minimum atomic E-state index is -6.68. The number of phosphoric ester groups is 6. The van der Waals surface area contributed by atoms with Crippen LogP contribution < -0.4 is 68.2 Å². The van der Waals surface area contributed by atoms with Gasteiger partial charge in [0.05, 0.1) is 46.9 Å². The first kappa shape index (κ1) is 90.5. The molecule has 1 aliphatic carbocycles. The Morgan fingerprint density at radius 2 is 0.543 bits per heavy atom. The number of nitrogens with zero attached hydrogens (tertiary/aromatic N) is 1. The van der Waals surface area contributed by atoms with Crippen LogP contribution in [0.3, 0.4) is 0 Å². The topological polar surface area (TPSA) is 519 Å². The van der Waals surface area contributed by atoms with Crippen molar-refractivity contribution in [3.05, 3.63) is 30.6 Å². The Bertz CT molecular complexity index is 1570. The smallest absolute Gasteiger partial charge is 0.790 e. The molecule has 0 bridgehead atoms. The molecule has 0 aromatic carbocycles. The quantitative estimate of drug-likeness (QED) is 0.0359. The Kier molecular flexibility index (Phi) is 56.5. The maximum absolute atomic E-state index is 11.1. The van der Waals surface area contributed by atoms with E-state index in [2.05, 4.69) is 69.2 Å². The number of unbranched alkanes of at least 4 members (excludes halogenated alkanes) is 13. The summed E-state index contributed by atoms with van der Waals surface area (Å²) in [6.45, 7) is 3.47. The number of phosphoric acid groups is 7. The maximum Gasteiger partial charge on any atom is 2.00 e. The molecule has 1 aliphatic rings. The monoisotopic (exact) mass is 1470 g/mol. The van der Waals surface area contributed by atoms with E-state index in [0.717, 1.165) is 0 Å². The van der Waals surface area contributed by atoms with E-state index in [-0.39, 0.29) is 129 Å². The van der Waals surface area contributed by atoms with Crippen molar-refractivity contribution in [3.63, 3.8) is 0 Å². The van der Waals surface area contributed by atoms with Gasteiger partial charge >= 0.3 is 117 Å². The number of aryl methyl sites for hydroxylation is 1. The van der Waals surface area contributed by atoms with Crippen LogP contribution in [-0.4, -0.2) is 46.4 Å². The molecule has 2 N–H and O–H groups in total. The van der Waals surface area contributed by atoms with Crippen LogP contribution in [0.1, 0.15) is 96.8 Å². The van der Waals surface area contributed by atoms with E-state index in [0.29, 0.717) is 0 Å². The summed E-state index contributed by atoms with van der Waals surface area (Å²) >= 11 is 0. The fraction of sp³-hybridized carbons (Fsp3) is 0.815. The molecular weight excluding hydrogens is 1430 g/mol. The van der Waals surface area contributed by atoms with Gasteiger partial charge < -0.3 is 128 Å². The van der Waals surface area contributed by atoms with Crippen molar-refractivity contribution in [2.45, 2.75) is 140 Å². The van der Waals surface area contributed by atoms with Crippen LogP contribution in [0.4, 0.5) is 0 Å². The summed E-state index contributed by atoms with van der Waals surface area (Å²) in [5.74, 6) is 0. The second-order valence-corrected chi connectivity index (χ2v) is 20.9. The molecule has 0 saturated heterocycles. The predicted octanol–water partition coefficient (Wildman–Crippen LogP) is -5.41. The van der Waals surface area contributed by atoms with Crippen LogP contribution in [0.2, 0.25) is 0 Å². The second-order valence-electron chi connectivity index (χ2n) is 13.3. The zero-order chi connectivity index (χ0) is 48.9. The maximum atomic E-state index is 11.1. The average Bonchev–Trinajstić information content (AvgIpc) is 3.06. The normalized spacial score (nSPS) is 19.4. The molecule has 0 spiro atoms. The number of halogens is 1. The Balaban J connectivity index is -0.000000163. The predicted molar refractivity (Wildman–Crippen MR) is 191 cm³/mol. The van der Waals surface area contributed by atoms with Crippen molar-refractivity contribution in [1.82, 2.24) is 0 Å². The van der Waals surface area contributed by atoms with Gasteiger partial charge in [0.15, 0.2) is 12.4 Å². The van der Waals surface area contributed by atoms with Gasteiger partial charge in [-0.2, -0.15) is 0 Å². The van der Waals surface area contributed by atoms with Gasteiger partial charge in [0.1, 0.15) is 43.2 Å². The van der Waals surface area contributed by atoms with Crippen molar-refractivity contribution in [1.29, 1.82) is 0 Å². The number of hydrogen-bond donors (Lipinski definition) is 2. The molecule has 1 saturated carbocycles. The van der Waals surface area contributed by atoms with Gasteiger partial charge in [0, 0.05) is 18.6 Å². The van der Waals surface area contributed by atoms with Crippen LogP contribution in [0.25, 0.3) is 0 Å². The van der Waals surface area contributed by atoms with E-state index in [1.807, 2.05) is 0 Å². The summed E-state index contributed by atoms with van der Waals surface area (Å²) in [7, 11) is -45.0. The fourth-order valence-corrected chi connectivity index (χ4v) is 9.04. The number of aromatic nitrogens is 1. The van der Waals surface area contributed by atoms with E-state index in [4.69, 9.17) is 19.2 Å². The standard InChI is InChI=1S/C21H38N.C6H18O24P6.ClH.H3O4P.6Zn/c1-2-3-4-5-6-7-8-9-10-11-12-13-14-16-19-22-20-17-15-18-21-22;7-31(8,9)25-1-2(26-32(10,11)12)4(28-34(16,17)18)6(30-36(22,23)24)5(29-35(19,20)21)3(1)27-33(13,14)15;;1-5(2,3)4;;;;;;/h15,17-18,20-21H,2-14,16,19H2,1H3;1-6H,(H2,7,8,9)(H2,10,11,12)(H2,13,14,15)(H2,16,17,18)(H2,19,20,21)(H2,22,23,24);1H;(H3,1,2,3,4);;;;;;/q+1;;;;6*+2/p-13/t;1-,2-,3-,4+,5-,6-;;;;;;;;. The molecule has 0 aliphatic heterocycles. The molecule has 0 radical (unpaired) electrons. The van der Waals surface area contributed by atoms with Crippen molar-refractivity contribution >= 4 is 67.2 Å². The Morgan fingerprint density at radius 1 is 0.371 bits per heavy atom. The minimum absolute atomic E-state index is 0. The zero-order valence-electron chi connectivity index (χ0n) is 37.7. The molecule has 1 aromatic rings. The summed E-state index contributed by atoms with van der Waals surface area (Å²) in [4.78, 5) is 156. The molecule has 1 fully saturated rings. The molecule has 1 aromatic heterocycles. The third-order valence-electron chi connectivity index (χ3n) is 7.99. The summed E-state index contributed by atoms with van der Waals surface area (Å²) < 4.78 is 99.4. The first-order valence-corrected chi connectivity index (χ1v) is 28.7. The second kappa shape index (κ2) is 43.7. The van der Waals surface area contributed by atoms with Crippen LogP contribution >= 0.6 is 67.2 Å². The third-order valence-corrected chi connectivity index (χ3v) is 11.0.